The highest BCUT2D eigenvalue weighted by Gasteiger charge is 1.85. The van der Waals surface area contributed by atoms with Gasteiger partial charge in [0, 0.05) is 0 Å². The highest BCUT2D eigenvalue weighted by atomic mass is 14.8. The lowest BCUT2D eigenvalue weighted by Crippen LogP contribution is -2.06. The zero-order valence-electron chi connectivity index (χ0n) is 6.70. The Morgan fingerprint density at radius 3 is 2.67 bits per heavy atom. The quantitative estimate of drug-likeness (QED) is 0.449. The third-order valence-electron chi connectivity index (χ3n) is 1.49. The van der Waals surface area contributed by atoms with E-state index in [1.165, 1.54) is 18.4 Å². The highest BCUT2D eigenvalue weighted by Crippen LogP contribution is 2.00. The summed E-state index contributed by atoms with van der Waals surface area (Å²) < 4.78 is 0. The van der Waals surface area contributed by atoms with Crippen molar-refractivity contribution in [2.45, 2.75) is 26.7 Å². The molecule has 0 saturated heterocycles. The van der Waals surface area contributed by atoms with Gasteiger partial charge in [0.1, 0.15) is 0 Å². The van der Waals surface area contributed by atoms with E-state index in [0.717, 1.165) is 6.54 Å². The Morgan fingerprint density at radius 2 is 2.22 bits per heavy atom. The van der Waals surface area contributed by atoms with Crippen molar-refractivity contribution in [2.24, 2.45) is 0 Å². The summed E-state index contributed by atoms with van der Waals surface area (Å²) in [5.41, 5.74) is 1.49. The second-order valence-electron chi connectivity index (χ2n) is 2.34. The summed E-state index contributed by atoms with van der Waals surface area (Å²) in [5.74, 6) is 0. The second kappa shape index (κ2) is 5.83. The summed E-state index contributed by atoms with van der Waals surface area (Å²) in [6, 6.07) is 0. The molecule has 0 saturated carbocycles. The van der Waals surface area contributed by atoms with Crippen molar-refractivity contribution in [2.75, 3.05) is 13.6 Å². The number of rotatable bonds is 4. The Kier molecular flexibility index (Phi) is 5.64. The summed E-state index contributed by atoms with van der Waals surface area (Å²) in [6.07, 6.45) is 4.67. The smallest absolute Gasteiger partial charge is 0.00489 e. The van der Waals surface area contributed by atoms with E-state index in [0.29, 0.717) is 0 Å². The Morgan fingerprint density at radius 1 is 1.56 bits per heavy atom. The largest absolute Gasteiger partial charge is 0.320 e. The normalized spacial score (nSPS) is 12.1. The minimum Gasteiger partial charge on any atom is -0.320 e. The van der Waals surface area contributed by atoms with Gasteiger partial charge in [0.25, 0.3) is 0 Å². The van der Waals surface area contributed by atoms with E-state index in [-0.39, 0.29) is 0 Å². The first-order valence-electron chi connectivity index (χ1n) is 3.57. The maximum Gasteiger partial charge on any atom is -0.00489 e. The van der Waals surface area contributed by atoms with Crippen LogP contribution in [0.25, 0.3) is 0 Å². The van der Waals surface area contributed by atoms with Crippen molar-refractivity contribution < 1.29 is 0 Å². The van der Waals surface area contributed by atoms with Crippen LogP contribution in [0.15, 0.2) is 11.6 Å². The van der Waals surface area contributed by atoms with Crippen LogP contribution in [0, 0.1) is 0 Å². The van der Waals surface area contributed by atoms with E-state index in [1.54, 1.807) is 0 Å². The van der Waals surface area contributed by atoms with E-state index in [4.69, 9.17) is 0 Å². The molecule has 1 nitrogen and oxygen atoms in total. The van der Waals surface area contributed by atoms with Gasteiger partial charge in [-0.25, -0.2) is 0 Å². The lowest BCUT2D eigenvalue weighted by Gasteiger charge is -1.98. The summed E-state index contributed by atoms with van der Waals surface area (Å²) >= 11 is 0. The monoisotopic (exact) mass is 127 g/mol. The molecule has 0 aromatic carbocycles. The zero-order chi connectivity index (χ0) is 7.11. The van der Waals surface area contributed by atoms with Gasteiger partial charge in [-0.3, -0.25) is 0 Å². The van der Waals surface area contributed by atoms with Gasteiger partial charge in [0.2, 0.25) is 0 Å². The predicted molar refractivity (Wildman–Crippen MR) is 42.6 cm³/mol. The zero-order valence-corrected chi connectivity index (χ0v) is 6.70. The molecule has 0 aliphatic heterocycles. The molecule has 0 unspecified atom stereocenters. The standard InChI is InChI=1S/C8H17N/c1-4-8(2)6-5-7-9-3/h4,9H,5-7H2,1-3H3. The highest BCUT2D eigenvalue weighted by molar-refractivity contribution is 4.94. The summed E-state index contributed by atoms with van der Waals surface area (Å²) in [7, 11) is 1.99. The molecule has 0 radical (unpaired) electrons. The molecule has 0 aliphatic carbocycles. The molecule has 0 heterocycles. The average Bonchev–Trinajstić information content (AvgIpc) is 1.89. The molecule has 1 heteroatoms. The van der Waals surface area contributed by atoms with Crippen molar-refractivity contribution in [1.82, 2.24) is 5.32 Å². The van der Waals surface area contributed by atoms with Crippen molar-refractivity contribution in [3.05, 3.63) is 11.6 Å². The van der Waals surface area contributed by atoms with Crippen molar-refractivity contribution >= 4 is 0 Å². The fourth-order valence-electron chi connectivity index (χ4n) is 0.688. The van der Waals surface area contributed by atoms with Crippen LogP contribution in [0.1, 0.15) is 26.7 Å². The molecular weight excluding hydrogens is 110 g/mol. The maximum atomic E-state index is 3.12. The van der Waals surface area contributed by atoms with Crippen LogP contribution in [0.4, 0.5) is 0 Å². The molecule has 0 spiro atoms. The Labute approximate surface area is 58.2 Å². The van der Waals surface area contributed by atoms with Crippen LogP contribution in [-0.4, -0.2) is 13.6 Å². The van der Waals surface area contributed by atoms with E-state index in [9.17, 15) is 0 Å². The van der Waals surface area contributed by atoms with Crippen LogP contribution < -0.4 is 5.32 Å². The SMILES string of the molecule is CC=C(C)CCCNC. The van der Waals surface area contributed by atoms with Gasteiger partial charge in [-0.2, -0.15) is 0 Å². The number of hydrogen-bond acceptors (Lipinski definition) is 1. The molecule has 0 rings (SSSR count). The molecule has 0 amide bonds. The van der Waals surface area contributed by atoms with E-state index >= 15 is 0 Å². The molecule has 0 bridgehead atoms. The minimum absolute atomic E-state index is 1.13. The van der Waals surface area contributed by atoms with Gasteiger partial charge in [-0.1, -0.05) is 11.6 Å². The molecule has 54 valence electrons. The van der Waals surface area contributed by atoms with E-state index in [1.807, 2.05) is 7.05 Å². The summed E-state index contributed by atoms with van der Waals surface area (Å²) in [5, 5.41) is 3.12. The third kappa shape index (κ3) is 5.57. The number of nitrogens with one attached hydrogen (secondary N) is 1. The first-order chi connectivity index (χ1) is 4.31. The van der Waals surface area contributed by atoms with Gasteiger partial charge in [0.15, 0.2) is 0 Å². The Bertz CT molecular complexity index is 84.6. The number of allylic oxidation sites excluding steroid dienone is 2. The molecule has 0 aliphatic rings. The van der Waals surface area contributed by atoms with Crippen LogP contribution in [-0.2, 0) is 0 Å². The lowest BCUT2D eigenvalue weighted by molar-refractivity contribution is 0.720. The van der Waals surface area contributed by atoms with Gasteiger partial charge in [0.05, 0.1) is 0 Å². The van der Waals surface area contributed by atoms with Crippen LogP contribution in [0.5, 0.6) is 0 Å². The van der Waals surface area contributed by atoms with Crippen LogP contribution >= 0.6 is 0 Å². The molecule has 0 aromatic heterocycles. The average molecular weight is 127 g/mol. The van der Waals surface area contributed by atoms with Crippen molar-refractivity contribution in [3.63, 3.8) is 0 Å². The van der Waals surface area contributed by atoms with Gasteiger partial charge in [-0.15, -0.1) is 0 Å². The van der Waals surface area contributed by atoms with Crippen molar-refractivity contribution in [3.8, 4) is 0 Å². The summed E-state index contributed by atoms with van der Waals surface area (Å²) in [4.78, 5) is 0. The van der Waals surface area contributed by atoms with Gasteiger partial charge >= 0.3 is 0 Å². The molecular formula is C8H17N. The fraction of sp³-hybridized carbons (Fsp3) is 0.750. The lowest BCUT2D eigenvalue weighted by atomic mass is 10.1. The Hall–Kier alpha value is -0.300. The molecule has 0 aromatic rings. The molecule has 9 heavy (non-hydrogen) atoms. The Balaban J connectivity index is 3.07. The number of hydrogen-bond donors (Lipinski definition) is 1. The minimum atomic E-state index is 1.13. The summed E-state index contributed by atoms with van der Waals surface area (Å²) in [6.45, 7) is 5.40. The first-order valence-corrected chi connectivity index (χ1v) is 3.57. The molecule has 1 N–H and O–H groups in total. The van der Waals surface area contributed by atoms with Crippen molar-refractivity contribution in [1.29, 1.82) is 0 Å². The predicted octanol–water partition coefficient (Wildman–Crippen LogP) is 1.95. The van der Waals surface area contributed by atoms with Gasteiger partial charge < -0.3 is 5.32 Å². The topological polar surface area (TPSA) is 12.0 Å². The third-order valence-corrected chi connectivity index (χ3v) is 1.49. The van der Waals surface area contributed by atoms with Gasteiger partial charge in [-0.05, 0) is 40.3 Å². The second-order valence-corrected chi connectivity index (χ2v) is 2.34. The maximum absolute atomic E-state index is 3.12. The van der Waals surface area contributed by atoms with E-state index in [2.05, 4.69) is 25.2 Å². The fourth-order valence-corrected chi connectivity index (χ4v) is 0.688. The van der Waals surface area contributed by atoms with Crippen LogP contribution in [0.3, 0.4) is 0 Å². The molecule has 0 atom stereocenters. The van der Waals surface area contributed by atoms with Crippen LogP contribution in [0.2, 0.25) is 0 Å². The molecule has 0 fully saturated rings. The van der Waals surface area contributed by atoms with E-state index < -0.39 is 0 Å². The first kappa shape index (κ1) is 8.70.